The Kier molecular flexibility index (Phi) is 7.75. The molecule has 172 valence electrons. The SMILES string of the molecule is CN(Cc1ccccc1NC(=O)NC1CCN(Cc2ccccc2)C1)C(=O)OC(C)(C)C. The zero-order valence-electron chi connectivity index (χ0n) is 19.4. The molecular weight excluding hydrogens is 404 g/mol. The van der Waals surface area contributed by atoms with Crippen LogP contribution in [0, 0.1) is 0 Å². The van der Waals surface area contributed by atoms with Crippen LogP contribution in [0.5, 0.6) is 0 Å². The van der Waals surface area contributed by atoms with Crippen molar-refractivity contribution < 1.29 is 14.3 Å². The van der Waals surface area contributed by atoms with Crippen LogP contribution in [-0.2, 0) is 17.8 Å². The molecule has 1 unspecified atom stereocenters. The van der Waals surface area contributed by atoms with Gasteiger partial charge in [0.2, 0.25) is 0 Å². The Balaban J connectivity index is 1.52. The van der Waals surface area contributed by atoms with Crippen LogP contribution in [0.25, 0.3) is 0 Å². The Hall–Kier alpha value is -3.06. The average Bonchev–Trinajstić information content (AvgIpc) is 3.15. The third-order valence-corrected chi connectivity index (χ3v) is 5.23. The summed E-state index contributed by atoms with van der Waals surface area (Å²) in [7, 11) is 1.69. The van der Waals surface area contributed by atoms with Gasteiger partial charge >= 0.3 is 12.1 Å². The topological polar surface area (TPSA) is 73.9 Å². The lowest BCUT2D eigenvalue weighted by molar-refractivity contribution is 0.0285. The molecule has 0 aromatic heterocycles. The van der Waals surface area contributed by atoms with Crippen molar-refractivity contribution in [2.24, 2.45) is 0 Å². The number of hydrogen-bond donors (Lipinski definition) is 2. The monoisotopic (exact) mass is 438 g/mol. The number of anilines is 1. The van der Waals surface area contributed by atoms with E-state index < -0.39 is 11.7 Å². The number of nitrogens with one attached hydrogen (secondary N) is 2. The maximum absolute atomic E-state index is 12.6. The Bertz CT molecular complexity index is 911. The zero-order valence-corrected chi connectivity index (χ0v) is 19.4. The van der Waals surface area contributed by atoms with Gasteiger partial charge in [-0.05, 0) is 44.4 Å². The molecule has 3 amide bonds. The van der Waals surface area contributed by atoms with E-state index >= 15 is 0 Å². The second-order valence-electron chi connectivity index (χ2n) is 9.30. The molecule has 2 N–H and O–H groups in total. The summed E-state index contributed by atoms with van der Waals surface area (Å²) in [5.74, 6) is 0. The van der Waals surface area contributed by atoms with E-state index in [-0.39, 0.29) is 12.1 Å². The fourth-order valence-corrected chi connectivity index (χ4v) is 3.72. The van der Waals surface area contributed by atoms with Gasteiger partial charge in [0.25, 0.3) is 0 Å². The highest BCUT2D eigenvalue weighted by Crippen LogP contribution is 2.19. The first-order valence-electron chi connectivity index (χ1n) is 11.1. The summed E-state index contributed by atoms with van der Waals surface area (Å²) < 4.78 is 5.42. The van der Waals surface area contributed by atoms with Crippen molar-refractivity contribution in [3.05, 3.63) is 65.7 Å². The molecule has 1 aliphatic heterocycles. The minimum Gasteiger partial charge on any atom is -0.444 e. The highest BCUT2D eigenvalue weighted by atomic mass is 16.6. The van der Waals surface area contributed by atoms with Crippen molar-refractivity contribution in [2.45, 2.75) is 51.9 Å². The number of benzene rings is 2. The summed E-state index contributed by atoms with van der Waals surface area (Å²) in [6.07, 6.45) is 0.518. The van der Waals surface area contributed by atoms with Gasteiger partial charge in [0.1, 0.15) is 5.60 Å². The molecule has 0 aliphatic carbocycles. The summed E-state index contributed by atoms with van der Waals surface area (Å²) in [5.41, 5.74) is 2.24. The van der Waals surface area contributed by atoms with Gasteiger partial charge < -0.3 is 20.3 Å². The minimum atomic E-state index is -0.557. The average molecular weight is 439 g/mol. The van der Waals surface area contributed by atoms with Gasteiger partial charge in [0.05, 0.1) is 6.54 Å². The van der Waals surface area contributed by atoms with Crippen LogP contribution in [0.1, 0.15) is 38.3 Å². The van der Waals surface area contributed by atoms with Crippen LogP contribution >= 0.6 is 0 Å². The lowest BCUT2D eigenvalue weighted by atomic mass is 10.1. The Morgan fingerprint density at radius 3 is 2.50 bits per heavy atom. The first kappa shape index (κ1) is 23.6. The van der Waals surface area contributed by atoms with Gasteiger partial charge in [-0.25, -0.2) is 9.59 Å². The number of para-hydroxylation sites is 1. The number of amides is 3. The predicted octanol–water partition coefficient (Wildman–Crippen LogP) is 4.45. The Morgan fingerprint density at radius 2 is 1.78 bits per heavy atom. The number of ether oxygens (including phenoxy) is 1. The van der Waals surface area contributed by atoms with Crippen LogP contribution in [0.2, 0.25) is 0 Å². The molecule has 7 nitrogen and oxygen atoms in total. The third kappa shape index (κ3) is 7.27. The second kappa shape index (κ2) is 10.5. The quantitative estimate of drug-likeness (QED) is 0.699. The fourth-order valence-electron chi connectivity index (χ4n) is 3.72. The molecule has 32 heavy (non-hydrogen) atoms. The largest absolute Gasteiger partial charge is 0.444 e. The van der Waals surface area contributed by atoms with Gasteiger partial charge in [-0.3, -0.25) is 4.90 Å². The van der Waals surface area contributed by atoms with Crippen LogP contribution in [0.4, 0.5) is 15.3 Å². The molecule has 2 aromatic rings. The van der Waals surface area contributed by atoms with Gasteiger partial charge in [0, 0.05) is 38.4 Å². The summed E-state index contributed by atoms with van der Waals surface area (Å²) in [4.78, 5) is 28.8. The Morgan fingerprint density at radius 1 is 1.09 bits per heavy atom. The van der Waals surface area contributed by atoms with E-state index in [0.29, 0.717) is 12.2 Å². The predicted molar refractivity (Wildman–Crippen MR) is 126 cm³/mol. The van der Waals surface area contributed by atoms with Crippen LogP contribution in [-0.4, -0.2) is 53.7 Å². The molecule has 0 saturated carbocycles. The molecule has 2 aromatic carbocycles. The molecule has 1 aliphatic rings. The zero-order chi connectivity index (χ0) is 23.1. The number of hydrogen-bond acceptors (Lipinski definition) is 4. The van der Waals surface area contributed by atoms with Crippen molar-refractivity contribution >= 4 is 17.8 Å². The van der Waals surface area contributed by atoms with Gasteiger partial charge in [-0.1, -0.05) is 48.5 Å². The van der Waals surface area contributed by atoms with Gasteiger partial charge in [-0.2, -0.15) is 0 Å². The molecule has 0 spiro atoms. The van der Waals surface area contributed by atoms with Crippen molar-refractivity contribution in [1.29, 1.82) is 0 Å². The molecule has 1 fully saturated rings. The molecule has 7 heteroatoms. The van der Waals surface area contributed by atoms with Crippen LogP contribution in [0.15, 0.2) is 54.6 Å². The number of carbonyl (C=O) groups is 2. The molecule has 3 rings (SSSR count). The van der Waals surface area contributed by atoms with Gasteiger partial charge in [-0.15, -0.1) is 0 Å². The summed E-state index contributed by atoms with van der Waals surface area (Å²) in [5, 5.41) is 6.03. The van der Waals surface area contributed by atoms with Crippen LogP contribution in [0.3, 0.4) is 0 Å². The third-order valence-electron chi connectivity index (χ3n) is 5.23. The molecule has 0 radical (unpaired) electrons. The number of nitrogens with zero attached hydrogens (tertiary/aromatic N) is 2. The van der Waals surface area contributed by atoms with E-state index in [4.69, 9.17) is 4.74 Å². The number of carbonyl (C=O) groups excluding carboxylic acids is 2. The van der Waals surface area contributed by atoms with Crippen molar-refractivity contribution in [3.8, 4) is 0 Å². The van der Waals surface area contributed by atoms with Gasteiger partial charge in [0.15, 0.2) is 0 Å². The summed E-state index contributed by atoms with van der Waals surface area (Å²) in [6, 6.07) is 17.7. The highest BCUT2D eigenvalue weighted by molar-refractivity contribution is 5.90. The molecular formula is C25H34N4O3. The van der Waals surface area contributed by atoms with Crippen molar-refractivity contribution in [3.63, 3.8) is 0 Å². The van der Waals surface area contributed by atoms with E-state index in [2.05, 4.69) is 27.7 Å². The molecule has 1 atom stereocenters. The van der Waals surface area contributed by atoms with E-state index in [0.717, 1.165) is 31.6 Å². The fraction of sp³-hybridized carbons (Fsp3) is 0.440. The maximum atomic E-state index is 12.6. The second-order valence-corrected chi connectivity index (χ2v) is 9.30. The lowest BCUT2D eigenvalue weighted by Gasteiger charge is -2.25. The first-order valence-corrected chi connectivity index (χ1v) is 11.1. The lowest BCUT2D eigenvalue weighted by Crippen LogP contribution is -2.40. The number of rotatable bonds is 6. The normalized spacial score (nSPS) is 16.4. The van der Waals surface area contributed by atoms with E-state index in [1.54, 1.807) is 7.05 Å². The maximum Gasteiger partial charge on any atom is 0.410 e. The first-order chi connectivity index (χ1) is 15.2. The Labute approximate surface area is 190 Å². The van der Waals surface area contributed by atoms with Crippen LogP contribution < -0.4 is 10.6 Å². The van der Waals surface area contributed by atoms with E-state index in [9.17, 15) is 9.59 Å². The summed E-state index contributed by atoms with van der Waals surface area (Å²) in [6.45, 7) is 8.51. The minimum absolute atomic E-state index is 0.107. The van der Waals surface area contributed by atoms with Crippen molar-refractivity contribution in [2.75, 3.05) is 25.5 Å². The van der Waals surface area contributed by atoms with Crippen molar-refractivity contribution in [1.82, 2.24) is 15.1 Å². The number of urea groups is 1. The molecule has 1 saturated heterocycles. The highest BCUT2D eigenvalue weighted by Gasteiger charge is 2.24. The summed E-state index contributed by atoms with van der Waals surface area (Å²) >= 11 is 0. The smallest absolute Gasteiger partial charge is 0.410 e. The van der Waals surface area contributed by atoms with E-state index in [1.807, 2.05) is 63.2 Å². The molecule has 0 bridgehead atoms. The molecule has 1 heterocycles. The standard InChI is InChI=1S/C25H34N4O3/c1-25(2,3)32-24(31)28(4)17-20-12-8-9-13-22(20)27-23(30)26-21-14-15-29(18-21)16-19-10-6-5-7-11-19/h5-13,21H,14-18H2,1-4H3,(H2,26,27,30). The number of likely N-dealkylation sites (tertiary alicyclic amines) is 1. The van der Waals surface area contributed by atoms with E-state index in [1.165, 1.54) is 10.5 Å².